The molecule has 35 heavy (non-hydrogen) atoms. The smallest absolute Gasteiger partial charge is 0.338 e. The number of thiazole rings is 1. The van der Waals surface area contributed by atoms with Crippen molar-refractivity contribution in [1.82, 2.24) is 13.7 Å². The van der Waals surface area contributed by atoms with Crippen LogP contribution in [0.3, 0.4) is 0 Å². The van der Waals surface area contributed by atoms with E-state index in [0.717, 1.165) is 22.2 Å². The average molecular weight is 489 g/mol. The number of carbonyl (C=O) groups is 1. The Morgan fingerprint density at radius 1 is 1.09 bits per heavy atom. The lowest BCUT2D eigenvalue weighted by molar-refractivity contribution is -0.139. The van der Waals surface area contributed by atoms with Crippen molar-refractivity contribution in [2.24, 2.45) is 19.1 Å². The van der Waals surface area contributed by atoms with Crippen molar-refractivity contribution < 1.29 is 9.53 Å². The summed E-state index contributed by atoms with van der Waals surface area (Å²) in [6.07, 6.45) is 1.80. The minimum absolute atomic E-state index is 0.110. The number of carbonyl (C=O) groups excluding carboxylic acids is 1. The molecule has 0 fully saturated rings. The molecule has 8 nitrogen and oxygen atoms in total. The second-order valence-corrected chi connectivity index (χ2v) is 9.37. The zero-order chi connectivity index (χ0) is 24.9. The molecule has 1 unspecified atom stereocenters. The summed E-state index contributed by atoms with van der Waals surface area (Å²) >= 11 is 1.27. The maximum Gasteiger partial charge on any atom is 0.338 e. The first-order valence-electron chi connectivity index (χ1n) is 11.2. The first-order valence-corrected chi connectivity index (χ1v) is 12.0. The van der Waals surface area contributed by atoms with Crippen molar-refractivity contribution >= 4 is 34.4 Å². The molecule has 1 aliphatic rings. The number of fused-ring (bicyclic) bond motifs is 2. The molecule has 5 rings (SSSR count). The number of hydrogen-bond donors (Lipinski definition) is 0. The van der Waals surface area contributed by atoms with E-state index >= 15 is 0 Å². The normalized spacial score (nSPS) is 15.9. The van der Waals surface area contributed by atoms with Crippen LogP contribution >= 0.6 is 11.3 Å². The van der Waals surface area contributed by atoms with E-state index in [1.807, 2.05) is 48.5 Å². The Hall–Kier alpha value is -3.98. The molecule has 0 bridgehead atoms. The Morgan fingerprint density at radius 3 is 2.51 bits per heavy atom. The van der Waals surface area contributed by atoms with Crippen molar-refractivity contribution in [3.05, 3.63) is 101 Å². The summed E-state index contributed by atoms with van der Waals surface area (Å²) in [6, 6.07) is 14.4. The van der Waals surface area contributed by atoms with Gasteiger partial charge in [0.2, 0.25) is 0 Å². The Kier molecular flexibility index (Phi) is 5.64. The average Bonchev–Trinajstić information content (AvgIpc) is 3.26. The number of hydrogen-bond acceptors (Lipinski definition) is 6. The van der Waals surface area contributed by atoms with Crippen molar-refractivity contribution in [3.63, 3.8) is 0 Å². The monoisotopic (exact) mass is 488 g/mol. The predicted octanol–water partition coefficient (Wildman–Crippen LogP) is 1.99. The van der Waals surface area contributed by atoms with Gasteiger partial charge in [-0.1, -0.05) is 47.7 Å². The number of rotatable bonds is 4. The second-order valence-electron chi connectivity index (χ2n) is 8.36. The van der Waals surface area contributed by atoms with Crippen LogP contribution in [0.2, 0.25) is 0 Å². The second kappa shape index (κ2) is 8.66. The fraction of sp³-hybridized carbons (Fsp3) is 0.231. The van der Waals surface area contributed by atoms with Crippen molar-refractivity contribution in [3.8, 4) is 0 Å². The third-order valence-corrected chi connectivity index (χ3v) is 7.21. The SMILES string of the molecule is CCOC(=O)C1=C(C)N=c2s/c(=C\c3ccc4c(c3)n(C)c(=O)n4C)c(=O)n2C1c1ccccc1. The van der Waals surface area contributed by atoms with E-state index in [9.17, 15) is 14.4 Å². The van der Waals surface area contributed by atoms with Crippen molar-refractivity contribution in [2.75, 3.05) is 6.61 Å². The first-order chi connectivity index (χ1) is 16.8. The van der Waals surface area contributed by atoms with Crippen LogP contribution in [0.25, 0.3) is 17.1 Å². The maximum absolute atomic E-state index is 13.7. The Labute approximate surface area is 204 Å². The molecule has 178 valence electrons. The Balaban J connectivity index is 1.72. The van der Waals surface area contributed by atoms with E-state index in [1.54, 1.807) is 47.7 Å². The molecule has 0 spiro atoms. The van der Waals surface area contributed by atoms with E-state index < -0.39 is 12.0 Å². The van der Waals surface area contributed by atoms with Gasteiger partial charge in [-0.3, -0.25) is 18.5 Å². The van der Waals surface area contributed by atoms with Crippen LogP contribution in [0, 0.1) is 0 Å². The van der Waals surface area contributed by atoms with Crippen LogP contribution in [0.15, 0.2) is 74.4 Å². The zero-order valence-electron chi connectivity index (χ0n) is 19.8. The van der Waals surface area contributed by atoms with Crippen molar-refractivity contribution in [1.29, 1.82) is 0 Å². The molecule has 0 amide bonds. The molecule has 4 aromatic rings. The molecule has 0 radical (unpaired) electrons. The molecule has 9 heteroatoms. The van der Waals surface area contributed by atoms with Gasteiger partial charge in [0.25, 0.3) is 5.56 Å². The first kappa shape index (κ1) is 22.8. The summed E-state index contributed by atoms with van der Waals surface area (Å²) in [5.41, 5.74) is 3.74. The van der Waals surface area contributed by atoms with Gasteiger partial charge in [0.15, 0.2) is 4.80 Å². The highest BCUT2D eigenvalue weighted by Crippen LogP contribution is 2.30. The number of aryl methyl sites for hydroxylation is 2. The van der Waals surface area contributed by atoms with E-state index in [0.29, 0.717) is 20.6 Å². The van der Waals surface area contributed by atoms with Gasteiger partial charge in [-0.25, -0.2) is 14.6 Å². The number of nitrogens with zero attached hydrogens (tertiary/aromatic N) is 4. The van der Waals surface area contributed by atoms with E-state index in [-0.39, 0.29) is 17.9 Å². The quantitative estimate of drug-likeness (QED) is 0.411. The zero-order valence-corrected chi connectivity index (χ0v) is 20.6. The van der Waals surface area contributed by atoms with Crippen LogP contribution < -0.4 is 20.6 Å². The molecule has 0 aliphatic carbocycles. The highest BCUT2D eigenvalue weighted by Gasteiger charge is 2.33. The molecule has 0 N–H and O–H groups in total. The van der Waals surface area contributed by atoms with Gasteiger partial charge in [-0.2, -0.15) is 0 Å². The van der Waals surface area contributed by atoms with Gasteiger partial charge in [0.05, 0.1) is 39.5 Å². The number of esters is 1. The maximum atomic E-state index is 13.7. The number of allylic oxidation sites excluding steroid dienone is 1. The van der Waals surface area contributed by atoms with Crippen LogP contribution in [0.5, 0.6) is 0 Å². The molecular formula is C26H24N4O4S. The topological polar surface area (TPSA) is 87.6 Å². The lowest BCUT2D eigenvalue weighted by atomic mass is 9.96. The van der Waals surface area contributed by atoms with Gasteiger partial charge < -0.3 is 4.74 Å². The van der Waals surface area contributed by atoms with Gasteiger partial charge in [0, 0.05) is 14.1 Å². The number of aromatic nitrogens is 3. The standard InChI is InChI=1S/C26H24N4O4S/c1-5-34-24(32)21-15(2)27-25-30(22(21)17-9-7-6-8-10-17)23(31)20(35-25)14-16-11-12-18-19(13-16)29(4)26(33)28(18)3/h6-14,22H,5H2,1-4H3/b20-14-. The van der Waals surface area contributed by atoms with Crippen LogP contribution in [0.1, 0.15) is 31.0 Å². The number of benzene rings is 2. The molecular weight excluding hydrogens is 464 g/mol. The molecule has 1 atom stereocenters. The highest BCUT2D eigenvalue weighted by atomic mass is 32.1. The Morgan fingerprint density at radius 2 is 1.80 bits per heavy atom. The van der Waals surface area contributed by atoms with Crippen LogP contribution in [-0.4, -0.2) is 26.3 Å². The van der Waals surface area contributed by atoms with Crippen molar-refractivity contribution in [2.45, 2.75) is 19.9 Å². The third kappa shape index (κ3) is 3.68. The summed E-state index contributed by atoms with van der Waals surface area (Å²) in [6.45, 7) is 3.75. The largest absolute Gasteiger partial charge is 0.463 e. The number of ether oxygens (including phenoxy) is 1. The van der Waals surface area contributed by atoms with E-state index in [4.69, 9.17) is 4.74 Å². The highest BCUT2D eigenvalue weighted by molar-refractivity contribution is 7.07. The molecule has 3 heterocycles. The lowest BCUT2D eigenvalue weighted by Crippen LogP contribution is -2.39. The summed E-state index contributed by atoms with van der Waals surface area (Å²) in [7, 11) is 3.46. The molecule has 2 aromatic carbocycles. The Bertz CT molecular complexity index is 1750. The minimum Gasteiger partial charge on any atom is -0.463 e. The predicted molar refractivity (Wildman–Crippen MR) is 135 cm³/mol. The van der Waals surface area contributed by atoms with Gasteiger partial charge >= 0.3 is 11.7 Å². The summed E-state index contributed by atoms with van der Waals surface area (Å²) in [5.74, 6) is -0.479. The fourth-order valence-electron chi connectivity index (χ4n) is 4.51. The lowest BCUT2D eigenvalue weighted by Gasteiger charge is -2.24. The van der Waals surface area contributed by atoms with Crippen LogP contribution in [-0.2, 0) is 23.6 Å². The van der Waals surface area contributed by atoms with Gasteiger partial charge in [0.1, 0.15) is 0 Å². The summed E-state index contributed by atoms with van der Waals surface area (Å²) in [4.78, 5) is 44.0. The fourth-order valence-corrected chi connectivity index (χ4v) is 5.55. The van der Waals surface area contributed by atoms with E-state index in [2.05, 4.69) is 4.99 Å². The van der Waals surface area contributed by atoms with Gasteiger partial charge in [-0.15, -0.1) is 0 Å². The summed E-state index contributed by atoms with van der Waals surface area (Å²) < 4.78 is 10.6. The third-order valence-electron chi connectivity index (χ3n) is 6.23. The summed E-state index contributed by atoms with van der Waals surface area (Å²) in [5, 5.41) is 0. The molecule has 0 saturated heterocycles. The molecule has 1 aliphatic heterocycles. The number of imidazole rings is 1. The van der Waals surface area contributed by atoms with Gasteiger partial charge in [-0.05, 0) is 43.2 Å². The van der Waals surface area contributed by atoms with Crippen LogP contribution in [0.4, 0.5) is 0 Å². The molecule has 0 saturated carbocycles. The minimum atomic E-state index is -0.633. The molecule has 2 aromatic heterocycles. The van der Waals surface area contributed by atoms with E-state index in [1.165, 1.54) is 11.3 Å².